The van der Waals surface area contributed by atoms with Crippen molar-refractivity contribution in [3.05, 3.63) is 53.3 Å². The number of fused-ring (bicyclic) bond motifs is 3. The number of nitrogens with zero attached hydrogens (tertiary/aromatic N) is 1. The number of esters is 2. The van der Waals surface area contributed by atoms with E-state index in [0.29, 0.717) is 43.0 Å². The molecule has 0 aliphatic carbocycles. The topological polar surface area (TPSA) is 167 Å². The number of carbonyl (C=O) groups excluding carboxylic acids is 4. The van der Waals surface area contributed by atoms with Crippen molar-refractivity contribution in [1.82, 2.24) is 10.3 Å². The first kappa shape index (κ1) is 38.7. The number of nitrogens with one attached hydrogen (secondary N) is 1. The number of halogens is 1. The van der Waals surface area contributed by atoms with Crippen molar-refractivity contribution in [2.45, 2.75) is 121 Å². The normalized spacial score (nSPS) is 25.0. The number of aliphatic hydroxyl groups excluding tert-OH is 1. The van der Waals surface area contributed by atoms with E-state index < -0.39 is 53.9 Å². The third-order valence-corrected chi connectivity index (χ3v) is 8.10. The average Bonchev–Trinajstić information content (AvgIpc) is 3.72. The van der Waals surface area contributed by atoms with Crippen LogP contribution in [0.4, 0.5) is 4.79 Å². The van der Waals surface area contributed by atoms with Gasteiger partial charge >= 0.3 is 18.0 Å². The fourth-order valence-electron chi connectivity index (χ4n) is 5.09. The van der Waals surface area contributed by atoms with E-state index in [1.165, 1.54) is 12.2 Å². The van der Waals surface area contributed by atoms with Crippen LogP contribution in [0.2, 0.25) is 0 Å². The van der Waals surface area contributed by atoms with Gasteiger partial charge in [-0.05, 0) is 51.7 Å². The number of imide groups is 1. The Bertz CT molecular complexity index is 1370. The number of alkyl halides is 1. The van der Waals surface area contributed by atoms with Crippen molar-refractivity contribution in [1.29, 1.82) is 0 Å². The lowest BCUT2D eigenvalue weighted by atomic mass is 9.98. The van der Waals surface area contributed by atoms with Crippen molar-refractivity contribution < 1.29 is 47.6 Å². The number of amides is 2. The first-order chi connectivity index (χ1) is 23.0. The van der Waals surface area contributed by atoms with Gasteiger partial charge in [-0.3, -0.25) is 14.9 Å². The number of aromatic nitrogens is 1. The molecule has 3 heterocycles. The number of unbranched alkanes of at least 4 members (excludes halogenated alkanes) is 4. The zero-order valence-corrected chi connectivity index (χ0v) is 28.8. The van der Waals surface area contributed by atoms with Gasteiger partial charge < -0.3 is 28.5 Å². The lowest BCUT2D eigenvalue weighted by molar-refractivity contribution is -0.159. The second-order valence-electron chi connectivity index (χ2n) is 11.9. The van der Waals surface area contributed by atoms with Crippen LogP contribution in [-0.4, -0.2) is 76.5 Å². The van der Waals surface area contributed by atoms with E-state index in [-0.39, 0.29) is 12.6 Å². The number of aliphatic hydroxyl groups is 1. The number of ether oxygens (including phenoxy) is 4. The minimum Gasteiger partial charge on any atom is -0.465 e. The number of epoxide rings is 1. The summed E-state index contributed by atoms with van der Waals surface area (Å²) in [5.74, 6) is -0.740. The minimum atomic E-state index is -1.57. The maximum absolute atomic E-state index is 13.0. The Morgan fingerprint density at radius 1 is 1.17 bits per heavy atom. The SMILES string of the molecule is CCCCCCCC(=O)OCC/C=C/C(Cl)[C@H](O)C1OC(=O)/C=C\C=C\c2nc(oc2C)/C=C(\C)CC[C@H]2O[C@@H]2[C@H]1OC(=O)NC(C)=O. The molecule has 1 fully saturated rings. The molecule has 0 radical (unpaired) electrons. The minimum absolute atomic E-state index is 0.137. The zero-order chi connectivity index (χ0) is 35.1. The molecule has 0 aromatic carbocycles. The summed E-state index contributed by atoms with van der Waals surface area (Å²) in [4.78, 5) is 53.6. The highest BCUT2D eigenvalue weighted by molar-refractivity contribution is 6.22. The summed E-state index contributed by atoms with van der Waals surface area (Å²) in [7, 11) is 0. The molecule has 13 heteroatoms. The summed E-state index contributed by atoms with van der Waals surface area (Å²) in [5, 5.41) is 12.3. The standard InChI is InChI=1S/C35H47ClN2O10/c1-5-6-7-8-9-16-29(40)44-20-13-12-14-25(36)31(42)33-34(48-35(43)37-24(4)39)32-27(46-32)19-18-22(2)21-28-38-26(23(3)45-28)15-10-11-17-30(41)47-33/h10-12,14-15,17,21,25,27,31-34,42H,5-9,13,16,18-20H2,1-4H3,(H,37,39,43)/b14-12+,15-10+,17-11-,22-21+/t25?,27-,31+,32+,33?,34-/m1/s1. The molecule has 2 amide bonds. The molecule has 3 rings (SSSR count). The van der Waals surface area contributed by atoms with Gasteiger partial charge in [-0.15, -0.1) is 11.6 Å². The van der Waals surface area contributed by atoms with Crippen LogP contribution in [0.3, 0.4) is 0 Å². The van der Waals surface area contributed by atoms with Crippen LogP contribution in [-0.2, 0) is 33.3 Å². The molecule has 2 unspecified atom stereocenters. The summed E-state index contributed by atoms with van der Waals surface area (Å²) >= 11 is 6.56. The van der Waals surface area contributed by atoms with Gasteiger partial charge in [0.1, 0.15) is 23.7 Å². The smallest absolute Gasteiger partial charge is 0.414 e. The van der Waals surface area contributed by atoms with Crippen LogP contribution in [0, 0.1) is 6.92 Å². The Hall–Kier alpha value is -3.74. The number of aryl methyl sites for hydroxylation is 1. The monoisotopic (exact) mass is 690 g/mol. The van der Waals surface area contributed by atoms with E-state index in [0.717, 1.165) is 50.7 Å². The van der Waals surface area contributed by atoms with Crippen LogP contribution in [0.15, 0.2) is 40.4 Å². The molecule has 0 spiro atoms. The molecule has 2 N–H and O–H groups in total. The van der Waals surface area contributed by atoms with Crippen LogP contribution in [0.25, 0.3) is 12.2 Å². The predicted octanol–water partition coefficient (Wildman–Crippen LogP) is 5.89. The molecule has 12 nitrogen and oxygen atoms in total. The molecule has 0 saturated carbocycles. The maximum Gasteiger partial charge on any atom is 0.414 e. The van der Waals surface area contributed by atoms with Crippen LogP contribution < -0.4 is 5.32 Å². The van der Waals surface area contributed by atoms with Crippen molar-refractivity contribution in [2.75, 3.05) is 6.61 Å². The van der Waals surface area contributed by atoms with E-state index in [1.807, 2.05) is 18.3 Å². The molecular formula is C35H47ClN2O10. The molecule has 2 aliphatic rings. The van der Waals surface area contributed by atoms with Crippen molar-refractivity contribution >= 4 is 47.7 Å². The molecule has 48 heavy (non-hydrogen) atoms. The van der Waals surface area contributed by atoms with E-state index in [4.69, 9.17) is 35.0 Å². The second kappa shape index (κ2) is 19.9. The highest BCUT2D eigenvalue weighted by Crippen LogP contribution is 2.36. The second-order valence-corrected chi connectivity index (χ2v) is 12.4. The Balaban J connectivity index is 1.75. The number of allylic oxidation sites excluding steroid dienone is 3. The number of alkyl carbamates (subject to hydrolysis) is 1. The first-order valence-electron chi connectivity index (χ1n) is 16.5. The Kier molecular flexibility index (Phi) is 16.1. The van der Waals surface area contributed by atoms with E-state index in [9.17, 15) is 24.3 Å². The summed E-state index contributed by atoms with van der Waals surface area (Å²) in [6, 6.07) is 0. The maximum atomic E-state index is 13.0. The fourth-order valence-corrected chi connectivity index (χ4v) is 5.33. The van der Waals surface area contributed by atoms with Gasteiger partial charge in [0.15, 0.2) is 12.2 Å². The van der Waals surface area contributed by atoms with Crippen LogP contribution in [0.5, 0.6) is 0 Å². The van der Waals surface area contributed by atoms with Gasteiger partial charge in [-0.1, -0.05) is 62.5 Å². The molecule has 1 aromatic heterocycles. The first-order valence-corrected chi connectivity index (χ1v) is 16.9. The van der Waals surface area contributed by atoms with E-state index >= 15 is 0 Å². The molecule has 2 bridgehead atoms. The Labute approximate surface area is 286 Å². The summed E-state index contributed by atoms with van der Waals surface area (Å²) in [5.41, 5.74) is 1.55. The zero-order valence-electron chi connectivity index (χ0n) is 28.0. The number of rotatable bonds is 13. The molecular weight excluding hydrogens is 644 g/mol. The van der Waals surface area contributed by atoms with Gasteiger partial charge in [0, 0.05) is 19.4 Å². The number of carbonyl (C=O) groups is 4. The summed E-state index contributed by atoms with van der Waals surface area (Å²) < 4.78 is 28.1. The third-order valence-electron chi connectivity index (χ3n) is 7.70. The van der Waals surface area contributed by atoms with Crippen molar-refractivity contribution in [3.63, 3.8) is 0 Å². The number of oxazole rings is 1. The van der Waals surface area contributed by atoms with Crippen molar-refractivity contribution in [2.24, 2.45) is 0 Å². The van der Waals surface area contributed by atoms with Crippen LogP contribution in [0.1, 0.15) is 95.9 Å². The largest absolute Gasteiger partial charge is 0.465 e. The van der Waals surface area contributed by atoms with Gasteiger partial charge in [0.05, 0.1) is 18.1 Å². The summed E-state index contributed by atoms with van der Waals surface area (Å²) in [6.07, 6.45) is 11.0. The van der Waals surface area contributed by atoms with Gasteiger partial charge in [-0.2, -0.15) is 0 Å². The third kappa shape index (κ3) is 13.4. The Morgan fingerprint density at radius 3 is 2.67 bits per heavy atom. The molecule has 6 atom stereocenters. The summed E-state index contributed by atoms with van der Waals surface area (Å²) in [6.45, 7) is 7.12. The molecule has 1 saturated heterocycles. The van der Waals surface area contributed by atoms with Gasteiger partial charge in [0.25, 0.3) is 0 Å². The van der Waals surface area contributed by atoms with Crippen molar-refractivity contribution in [3.8, 4) is 0 Å². The van der Waals surface area contributed by atoms with Gasteiger partial charge in [-0.25, -0.2) is 14.6 Å². The lowest BCUT2D eigenvalue weighted by Crippen LogP contribution is -2.51. The fraction of sp³-hybridized carbons (Fsp3) is 0.571. The number of cyclic esters (lactones) is 1. The van der Waals surface area contributed by atoms with E-state index in [1.54, 1.807) is 25.2 Å². The molecule has 2 aliphatic heterocycles. The van der Waals surface area contributed by atoms with Gasteiger partial charge in [0.2, 0.25) is 11.8 Å². The Morgan fingerprint density at radius 2 is 1.92 bits per heavy atom. The average molecular weight is 691 g/mol. The predicted molar refractivity (Wildman–Crippen MR) is 179 cm³/mol. The van der Waals surface area contributed by atoms with Crippen LogP contribution >= 0.6 is 11.6 Å². The highest BCUT2D eigenvalue weighted by Gasteiger charge is 2.53. The highest BCUT2D eigenvalue weighted by atomic mass is 35.5. The molecule has 1 aromatic rings. The molecule has 264 valence electrons. The van der Waals surface area contributed by atoms with E-state index in [2.05, 4.69) is 11.9 Å². The lowest BCUT2D eigenvalue weighted by Gasteiger charge is -2.30. The quantitative estimate of drug-likeness (QED) is 0.0633. The number of hydrogen-bond acceptors (Lipinski definition) is 11. The number of hydrogen-bond donors (Lipinski definition) is 2.